The van der Waals surface area contributed by atoms with E-state index < -0.39 is 0 Å². The van der Waals surface area contributed by atoms with E-state index in [9.17, 15) is 0 Å². The number of ether oxygens (including phenoxy) is 2. The van der Waals surface area contributed by atoms with Crippen molar-refractivity contribution >= 4 is 22.5 Å². The molecule has 0 radical (unpaired) electrons. The van der Waals surface area contributed by atoms with Gasteiger partial charge in [0.15, 0.2) is 0 Å². The minimum Gasteiger partial charge on any atom is -0.378 e. The van der Waals surface area contributed by atoms with Crippen LogP contribution < -0.4 is 0 Å². The van der Waals surface area contributed by atoms with Crippen LogP contribution in [0.4, 0.5) is 0 Å². The molecule has 1 aliphatic heterocycles. The van der Waals surface area contributed by atoms with Crippen LogP contribution in [0.15, 0.2) is 30.5 Å². The Balaban J connectivity index is 1.81. The number of rotatable bonds is 2. The Labute approximate surface area is 129 Å². The summed E-state index contributed by atoms with van der Waals surface area (Å²) in [5, 5.41) is 1.76. The van der Waals surface area contributed by atoms with Gasteiger partial charge >= 0.3 is 0 Å². The van der Waals surface area contributed by atoms with Gasteiger partial charge in [0.2, 0.25) is 0 Å². The molecule has 0 atom stereocenters. The van der Waals surface area contributed by atoms with Crippen molar-refractivity contribution in [2.75, 3.05) is 39.5 Å². The molecule has 0 spiro atoms. The SMILES string of the molecule is Clc1ccc(CN2CCOCCOCC2)c2ncccc12. The molecule has 0 saturated carbocycles. The van der Waals surface area contributed by atoms with Gasteiger partial charge in [-0.25, -0.2) is 0 Å². The second-order valence-corrected chi connectivity index (χ2v) is 5.51. The van der Waals surface area contributed by atoms with Crippen molar-refractivity contribution in [2.45, 2.75) is 6.54 Å². The molecule has 0 unspecified atom stereocenters. The zero-order chi connectivity index (χ0) is 14.5. The average molecular weight is 307 g/mol. The van der Waals surface area contributed by atoms with Crippen LogP contribution in [-0.2, 0) is 16.0 Å². The van der Waals surface area contributed by atoms with Crippen LogP contribution in [0.25, 0.3) is 10.9 Å². The largest absolute Gasteiger partial charge is 0.378 e. The fraction of sp³-hybridized carbons (Fsp3) is 0.438. The van der Waals surface area contributed by atoms with E-state index in [-0.39, 0.29) is 0 Å². The van der Waals surface area contributed by atoms with Crippen LogP contribution >= 0.6 is 11.6 Å². The lowest BCUT2D eigenvalue weighted by Crippen LogP contribution is -2.29. The summed E-state index contributed by atoms with van der Waals surface area (Å²) >= 11 is 6.25. The van der Waals surface area contributed by atoms with Crippen LogP contribution in [-0.4, -0.2) is 49.4 Å². The van der Waals surface area contributed by atoms with Crippen LogP contribution in [0.2, 0.25) is 5.02 Å². The first-order valence-corrected chi connectivity index (χ1v) is 7.62. The van der Waals surface area contributed by atoms with Gasteiger partial charge in [-0.3, -0.25) is 9.88 Å². The third kappa shape index (κ3) is 3.71. The Kier molecular flexibility index (Phi) is 5.04. The number of hydrogen-bond acceptors (Lipinski definition) is 4. The van der Waals surface area contributed by atoms with Gasteiger partial charge in [0.1, 0.15) is 0 Å². The van der Waals surface area contributed by atoms with E-state index in [1.165, 1.54) is 5.56 Å². The lowest BCUT2D eigenvalue weighted by Gasteiger charge is -2.21. The molecule has 1 fully saturated rings. The lowest BCUT2D eigenvalue weighted by molar-refractivity contribution is 0.0629. The maximum Gasteiger partial charge on any atom is 0.0761 e. The van der Waals surface area contributed by atoms with Crippen molar-refractivity contribution in [1.29, 1.82) is 0 Å². The smallest absolute Gasteiger partial charge is 0.0761 e. The summed E-state index contributed by atoms with van der Waals surface area (Å²) < 4.78 is 11.1. The summed E-state index contributed by atoms with van der Waals surface area (Å²) in [5.74, 6) is 0. The summed E-state index contributed by atoms with van der Waals surface area (Å²) in [6.45, 7) is 5.47. The minimum absolute atomic E-state index is 0.680. The molecule has 1 aliphatic rings. The van der Waals surface area contributed by atoms with E-state index in [2.05, 4.69) is 16.0 Å². The van der Waals surface area contributed by atoms with Gasteiger partial charge in [-0.05, 0) is 23.8 Å². The standard InChI is InChI=1S/C16H19ClN2O2/c17-15-4-3-13(16-14(15)2-1-5-18-16)12-19-6-8-20-10-11-21-9-7-19/h1-5H,6-12H2. The molecule has 4 nitrogen and oxygen atoms in total. The molecule has 5 heteroatoms. The van der Waals surface area contributed by atoms with Crippen molar-refractivity contribution in [3.63, 3.8) is 0 Å². The Morgan fingerprint density at radius 3 is 2.57 bits per heavy atom. The van der Waals surface area contributed by atoms with Crippen LogP contribution in [0, 0.1) is 0 Å². The van der Waals surface area contributed by atoms with Gasteiger partial charge in [0.05, 0.1) is 31.9 Å². The number of aromatic nitrogens is 1. The molecular formula is C16H19ClN2O2. The molecule has 1 aromatic carbocycles. The summed E-state index contributed by atoms with van der Waals surface area (Å²) in [4.78, 5) is 6.83. The fourth-order valence-corrected chi connectivity index (χ4v) is 2.76. The average Bonchev–Trinajstić information content (AvgIpc) is 2.64. The first-order chi connectivity index (χ1) is 10.3. The van der Waals surface area contributed by atoms with Crippen molar-refractivity contribution < 1.29 is 9.47 Å². The Bertz CT molecular complexity index is 596. The quantitative estimate of drug-likeness (QED) is 0.854. The summed E-state index contributed by atoms with van der Waals surface area (Å²) in [6, 6.07) is 7.94. The van der Waals surface area contributed by atoms with E-state index in [0.29, 0.717) is 13.2 Å². The normalized spacial score (nSPS) is 18.1. The predicted molar refractivity (Wildman–Crippen MR) is 83.7 cm³/mol. The number of nitrogens with zero attached hydrogens (tertiary/aromatic N) is 2. The molecule has 0 bridgehead atoms. The monoisotopic (exact) mass is 306 g/mol. The molecule has 2 aromatic rings. The summed E-state index contributed by atoms with van der Waals surface area (Å²) in [7, 11) is 0. The second kappa shape index (κ2) is 7.18. The molecule has 1 aromatic heterocycles. The van der Waals surface area contributed by atoms with Crippen molar-refractivity contribution in [3.8, 4) is 0 Å². The predicted octanol–water partition coefficient (Wildman–Crippen LogP) is 2.74. The summed E-state index contributed by atoms with van der Waals surface area (Å²) in [5.41, 5.74) is 2.17. The maximum atomic E-state index is 6.25. The third-order valence-corrected chi connectivity index (χ3v) is 4.00. The zero-order valence-electron chi connectivity index (χ0n) is 11.9. The van der Waals surface area contributed by atoms with Crippen LogP contribution in [0.1, 0.15) is 5.56 Å². The van der Waals surface area contributed by atoms with Gasteiger partial charge in [-0.15, -0.1) is 0 Å². The number of pyridine rings is 1. The summed E-state index contributed by atoms with van der Waals surface area (Å²) in [6.07, 6.45) is 1.81. The van der Waals surface area contributed by atoms with Crippen LogP contribution in [0.5, 0.6) is 0 Å². The van der Waals surface area contributed by atoms with E-state index in [4.69, 9.17) is 21.1 Å². The second-order valence-electron chi connectivity index (χ2n) is 5.11. The van der Waals surface area contributed by atoms with Crippen molar-refractivity contribution in [3.05, 3.63) is 41.0 Å². The van der Waals surface area contributed by atoms with Gasteiger partial charge in [-0.2, -0.15) is 0 Å². The number of hydrogen-bond donors (Lipinski definition) is 0. The molecule has 0 amide bonds. The lowest BCUT2D eigenvalue weighted by atomic mass is 10.1. The molecule has 0 N–H and O–H groups in total. The van der Waals surface area contributed by atoms with Gasteiger partial charge in [0, 0.05) is 36.2 Å². The number of halogens is 1. The van der Waals surface area contributed by atoms with E-state index in [1.54, 1.807) is 0 Å². The molecule has 0 aliphatic carbocycles. The van der Waals surface area contributed by atoms with Crippen molar-refractivity contribution in [1.82, 2.24) is 9.88 Å². The van der Waals surface area contributed by atoms with Gasteiger partial charge < -0.3 is 9.47 Å². The highest BCUT2D eigenvalue weighted by Crippen LogP contribution is 2.25. The van der Waals surface area contributed by atoms with Gasteiger partial charge in [0.25, 0.3) is 0 Å². The zero-order valence-corrected chi connectivity index (χ0v) is 12.7. The highest BCUT2D eigenvalue weighted by atomic mass is 35.5. The topological polar surface area (TPSA) is 34.6 Å². The van der Waals surface area contributed by atoms with E-state index in [0.717, 1.165) is 48.8 Å². The highest BCUT2D eigenvalue weighted by Gasteiger charge is 2.12. The fourth-order valence-electron chi connectivity index (χ4n) is 2.54. The van der Waals surface area contributed by atoms with Crippen molar-refractivity contribution in [2.24, 2.45) is 0 Å². The Morgan fingerprint density at radius 2 is 1.81 bits per heavy atom. The molecular weight excluding hydrogens is 288 g/mol. The molecule has 2 heterocycles. The third-order valence-electron chi connectivity index (χ3n) is 3.67. The molecule has 1 saturated heterocycles. The first kappa shape index (κ1) is 14.7. The van der Waals surface area contributed by atoms with E-state index in [1.807, 2.05) is 24.4 Å². The maximum absolute atomic E-state index is 6.25. The van der Waals surface area contributed by atoms with Crippen LogP contribution in [0.3, 0.4) is 0 Å². The first-order valence-electron chi connectivity index (χ1n) is 7.24. The number of benzene rings is 1. The van der Waals surface area contributed by atoms with Gasteiger partial charge in [-0.1, -0.05) is 17.7 Å². The Morgan fingerprint density at radius 1 is 1.05 bits per heavy atom. The molecule has 112 valence electrons. The minimum atomic E-state index is 0.680. The number of fused-ring (bicyclic) bond motifs is 1. The van der Waals surface area contributed by atoms with E-state index >= 15 is 0 Å². The highest BCUT2D eigenvalue weighted by molar-refractivity contribution is 6.35. The molecule has 3 rings (SSSR count). The Hall–Kier alpha value is -1.20. The molecule has 21 heavy (non-hydrogen) atoms.